The molecule has 12 heavy (non-hydrogen) atoms. The largest absolute Gasteiger partial charge is 0.372 e. The Morgan fingerprint density at radius 2 is 2.33 bits per heavy atom. The number of rotatable bonds is 1. The molecule has 0 radical (unpaired) electrons. The Labute approximate surface area is 72.7 Å². The van der Waals surface area contributed by atoms with E-state index in [0.29, 0.717) is 5.92 Å². The van der Waals surface area contributed by atoms with Crippen molar-refractivity contribution < 1.29 is 14.6 Å². The first-order valence-corrected chi connectivity index (χ1v) is 4.67. The molecule has 2 aliphatic rings. The molecule has 0 amide bonds. The molecule has 2 bridgehead atoms. The van der Waals surface area contributed by atoms with E-state index in [1.165, 1.54) is 0 Å². The van der Waals surface area contributed by atoms with Crippen molar-refractivity contribution in [3.63, 3.8) is 0 Å². The third kappa shape index (κ3) is 0.934. The van der Waals surface area contributed by atoms with E-state index in [1.54, 1.807) is 0 Å². The summed E-state index contributed by atoms with van der Waals surface area (Å²) in [5, 5.41) is 9.52. The molecule has 0 aliphatic carbocycles. The summed E-state index contributed by atoms with van der Waals surface area (Å²) >= 11 is 0. The van der Waals surface area contributed by atoms with Crippen LogP contribution in [0.3, 0.4) is 0 Å². The average molecular weight is 172 g/mol. The van der Waals surface area contributed by atoms with E-state index in [9.17, 15) is 5.11 Å². The van der Waals surface area contributed by atoms with E-state index in [1.807, 2.05) is 0 Å². The van der Waals surface area contributed by atoms with Crippen LogP contribution in [-0.4, -0.2) is 29.7 Å². The fourth-order valence-electron chi connectivity index (χ4n) is 2.42. The van der Waals surface area contributed by atoms with Gasteiger partial charge >= 0.3 is 0 Å². The van der Waals surface area contributed by atoms with Gasteiger partial charge in [-0.05, 0) is 6.42 Å². The van der Waals surface area contributed by atoms with E-state index in [-0.39, 0.29) is 11.7 Å². The molecule has 2 unspecified atom stereocenters. The molecule has 0 aromatic heterocycles. The SMILES string of the molecule is CC[C@@]12CCOC(C(O)O1)[C@H]2C. The van der Waals surface area contributed by atoms with Gasteiger partial charge in [-0.2, -0.15) is 0 Å². The molecule has 3 heteroatoms. The van der Waals surface area contributed by atoms with Gasteiger partial charge in [0.1, 0.15) is 6.10 Å². The van der Waals surface area contributed by atoms with Crippen LogP contribution in [0.15, 0.2) is 0 Å². The van der Waals surface area contributed by atoms with Gasteiger partial charge < -0.3 is 14.6 Å². The van der Waals surface area contributed by atoms with Crippen LogP contribution in [0.2, 0.25) is 0 Å². The number of fused-ring (bicyclic) bond motifs is 2. The van der Waals surface area contributed by atoms with Gasteiger partial charge in [0, 0.05) is 18.9 Å². The molecule has 2 rings (SSSR count). The molecule has 2 fully saturated rings. The fraction of sp³-hybridized carbons (Fsp3) is 1.00. The van der Waals surface area contributed by atoms with E-state index < -0.39 is 6.29 Å². The Balaban J connectivity index is 2.24. The lowest BCUT2D eigenvalue weighted by Crippen LogP contribution is -2.42. The second-order valence-corrected chi connectivity index (χ2v) is 3.80. The first-order valence-electron chi connectivity index (χ1n) is 4.67. The lowest BCUT2D eigenvalue weighted by molar-refractivity contribution is -0.147. The molecule has 2 aliphatic heterocycles. The Hall–Kier alpha value is -0.120. The second-order valence-electron chi connectivity index (χ2n) is 3.80. The lowest BCUT2D eigenvalue weighted by Gasteiger charge is -2.35. The summed E-state index contributed by atoms with van der Waals surface area (Å²) in [5.41, 5.74) is -0.109. The van der Waals surface area contributed by atoms with Crippen molar-refractivity contribution in [3.05, 3.63) is 0 Å². The third-order valence-corrected chi connectivity index (χ3v) is 3.39. The van der Waals surface area contributed by atoms with Gasteiger partial charge in [-0.25, -0.2) is 0 Å². The molecule has 1 N–H and O–H groups in total. The zero-order valence-corrected chi connectivity index (χ0v) is 7.62. The Morgan fingerprint density at radius 1 is 1.58 bits per heavy atom. The molecule has 70 valence electrons. The molecular weight excluding hydrogens is 156 g/mol. The topological polar surface area (TPSA) is 38.7 Å². The van der Waals surface area contributed by atoms with Crippen molar-refractivity contribution in [3.8, 4) is 0 Å². The zero-order chi connectivity index (χ0) is 8.77. The lowest BCUT2D eigenvalue weighted by atomic mass is 9.81. The number of aliphatic hydroxyl groups excluding tert-OH is 1. The number of aliphatic hydroxyl groups is 1. The fourth-order valence-corrected chi connectivity index (χ4v) is 2.42. The van der Waals surface area contributed by atoms with Gasteiger partial charge in [-0.3, -0.25) is 0 Å². The molecule has 2 saturated heterocycles. The highest BCUT2D eigenvalue weighted by Gasteiger charge is 2.54. The molecular formula is C9H16O3. The van der Waals surface area contributed by atoms with Crippen LogP contribution in [0.4, 0.5) is 0 Å². The van der Waals surface area contributed by atoms with E-state index >= 15 is 0 Å². The molecule has 0 saturated carbocycles. The Kier molecular flexibility index (Phi) is 1.90. The van der Waals surface area contributed by atoms with Crippen LogP contribution in [0.5, 0.6) is 0 Å². The standard InChI is InChI=1S/C9H16O3/c1-3-9-4-5-11-7(6(9)2)8(10)12-9/h6-8,10H,3-5H2,1-2H3/t6-,7?,8?,9+/m1/s1. The van der Waals surface area contributed by atoms with Crippen molar-refractivity contribution in [2.24, 2.45) is 5.92 Å². The van der Waals surface area contributed by atoms with Crippen molar-refractivity contribution in [2.45, 2.75) is 44.7 Å². The Bertz CT molecular complexity index is 183. The highest BCUT2D eigenvalue weighted by Crippen LogP contribution is 2.44. The summed E-state index contributed by atoms with van der Waals surface area (Å²) in [6.07, 6.45) is 1.07. The first-order chi connectivity index (χ1) is 5.69. The maximum atomic E-state index is 9.52. The summed E-state index contributed by atoms with van der Waals surface area (Å²) in [4.78, 5) is 0. The predicted octanol–water partition coefficient (Wildman–Crippen LogP) is 0.909. The van der Waals surface area contributed by atoms with Gasteiger partial charge in [0.15, 0.2) is 6.29 Å². The van der Waals surface area contributed by atoms with Crippen molar-refractivity contribution in [2.75, 3.05) is 6.61 Å². The molecule has 0 spiro atoms. The minimum atomic E-state index is -0.706. The summed E-state index contributed by atoms with van der Waals surface area (Å²) < 4.78 is 11.0. The minimum absolute atomic E-state index is 0.0984. The maximum Gasteiger partial charge on any atom is 0.182 e. The van der Waals surface area contributed by atoms with E-state index in [2.05, 4.69) is 13.8 Å². The molecule has 0 aromatic rings. The maximum absolute atomic E-state index is 9.52. The van der Waals surface area contributed by atoms with Gasteiger partial charge in [-0.15, -0.1) is 0 Å². The third-order valence-electron chi connectivity index (χ3n) is 3.39. The van der Waals surface area contributed by atoms with Crippen LogP contribution in [0, 0.1) is 5.92 Å². The summed E-state index contributed by atoms with van der Waals surface area (Å²) in [5.74, 6) is 0.325. The minimum Gasteiger partial charge on any atom is -0.372 e. The number of hydrogen-bond acceptors (Lipinski definition) is 3. The first kappa shape index (κ1) is 8.48. The summed E-state index contributed by atoms with van der Waals surface area (Å²) in [6, 6.07) is 0. The predicted molar refractivity (Wildman–Crippen MR) is 43.6 cm³/mol. The van der Waals surface area contributed by atoms with Crippen LogP contribution in [-0.2, 0) is 9.47 Å². The zero-order valence-electron chi connectivity index (χ0n) is 7.62. The van der Waals surface area contributed by atoms with Crippen molar-refractivity contribution >= 4 is 0 Å². The van der Waals surface area contributed by atoms with Gasteiger partial charge in [0.2, 0.25) is 0 Å². The molecule has 0 aromatic carbocycles. The summed E-state index contributed by atoms with van der Waals surface area (Å²) in [7, 11) is 0. The normalized spacial score (nSPS) is 52.8. The molecule has 3 nitrogen and oxygen atoms in total. The monoisotopic (exact) mass is 172 g/mol. The van der Waals surface area contributed by atoms with Gasteiger partial charge in [-0.1, -0.05) is 13.8 Å². The smallest absolute Gasteiger partial charge is 0.182 e. The van der Waals surface area contributed by atoms with Crippen molar-refractivity contribution in [1.29, 1.82) is 0 Å². The highest BCUT2D eigenvalue weighted by molar-refractivity contribution is 4.99. The molecule has 4 atom stereocenters. The van der Waals surface area contributed by atoms with E-state index in [0.717, 1.165) is 19.4 Å². The molecule has 2 heterocycles. The number of ether oxygens (including phenoxy) is 2. The van der Waals surface area contributed by atoms with Crippen LogP contribution >= 0.6 is 0 Å². The van der Waals surface area contributed by atoms with Gasteiger partial charge in [0.25, 0.3) is 0 Å². The highest BCUT2D eigenvalue weighted by atomic mass is 16.7. The van der Waals surface area contributed by atoms with Crippen LogP contribution < -0.4 is 0 Å². The Morgan fingerprint density at radius 3 is 2.92 bits per heavy atom. The average Bonchev–Trinajstić information content (AvgIpc) is 2.23. The van der Waals surface area contributed by atoms with Crippen LogP contribution in [0.1, 0.15) is 26.7 Å². The van der Waals surface area contributed by atoms with Crippen LogP contribution in [0.25, 0.3) is 0 Å². The van der Waals surface area contributed by atoms with Crippen molar-refractivity contribution in [1.82, 2.24) is 0 Å². The summed E-state index contributed by atoms with van der Waals surface area (Å²) in [6.45, 7) is 4.93. The quantitative estimate of drug-likeness (QED) is 0.639. The number of hydrogen-bond donors (Lipinski definition) is 1. The second kappa shape index (κ2) is 2.69. The van der Waals surface area contributed by atoms with Gasteiger partial charge in [0.05, 0.1) is 5.60 Å². The van der Waals surface area contributed by atoms with E-state index in [4.69, 9.17) is 9.47 Å².